The molecule has 1 heterocycles. The molecule has 0 spiro atoms. The van der Waals surface area contributed by atoms with Crippen molar-refractivity contribution in [3.05, 3.63) is 126 Å². The van der Waals surface area contributed by atoms with Gasteiger partial charge >= 0.3 is 0 Å². The van der Waals surface area contributed by atoms with Crippen LogP contribution in [0.3, 0.4) is 0 Å². The summed E-state index contributed by atoms with van der Waals surface area (Å²) in [7, 11) is -3.85. The van der Waals surface area contributed by atoms with E-state index in [1.807, 2.05) is 55.5 Å². The van der Waals surface area contributed by atoms with Crippen LogP contribution in [0.4, 0.5) is 4.39 Å². The number of hydrazone groups is 1. The monoisotopic (exact) mass is 484 g/mol. The van der Waals surface area contributed by atoms with Gasteiger partial charge in [-0.25, -0.2) is 9.07 Å². The predicted octanol–water partition coefficient (Wildman–Crippen LogP) is 5.20. The van der Waals surface area contributed by atoms with Gasteiger partial charge in [-0.1, -0.05) is 54.1 Å². The van der Waals surface area contributed by atoms with Gasteiger partial charge in [0.05, 0.1) is 28.0 Å². The maximum absolute atomic E-state index is 13.3. The topological polar surface area (TPSA) is 76.3 Å². The van der Waals surface area contributed by atoms with Gasteiger partial charge in [0.2, 0.25) is 0 Å². The summed E-state index contributed by atoms with van der Waals surface area (Å²) in [6, 6.07) is 27.6. The number of fused-ring (bicyclic) bond motifs is 1. The molecule has 0 unspecified atom stereocenters. The molecule has 174 valence electrons. The molecule has 0 radical (unpaired) electrons. The minimum Gasteiger partial charge on any atom is -0.233 e. The highest BCUT2D eigenvalue weighted by atomic mass is 32.2. The molecular formula is C27H21FN4O2S. The molecule has 0 atom stereocenters. The molecule has 5 rings (SSSR count). The third kappa shape index (κ3) is 4.69. The number of hydrogen-bond donors (Lipinski definition) is 1. The van der Waals surface area contributed by atoms with Gasteiger partial charge < -0.3 is 0 Å². The molecule has 6 nitrogen and oxygen atoms in total. The highest BCUT2D eigenvalue weighted by molar-refractivity contribution is 7.89. The quantitative estimate of drug-likeness (QED) is 0.266. The minimum atomic E-state index is -3.85. The molecule has 4 aromatic carbocycles. The summed E-state index contributed by atoms with van der Waals surface area (Å²) in [6.07, 6.45) is 1.71. The molecule has 1 N–H and O–H groups in total. The second-order valence-electron chi connectivity index (χ2n) is 8.04. The zero-order valence-corrected chi connectivity index (χ0v) is 19.6. The Morgan fingerprint density at radius 2 is 1.60 bits per heavy atom. The van der Waals surface area contributed by atoms with Gasteiger partial charge in [0, 0.05) is 16.5 Å². The molecule has 5 aromatic rings. The molecule has 0 amide bonds. The molecule has 0 bridgehead atoms. The average Bonchev–Trinajstić information content (AvgIpc) is 3.29. The van der Waals surface area contributed by atoms with Crippen molar-refractivity contribution < 1.29 is 12.8 Å². The largest absolute Gasteiger partial charge is 0.276 e. The lowest BCUT2D eigenvalue weighted by molar-refractivity contribution is 0.584. The third-order valence-corrected chi connectivity index (χ3v) is 6.79. The SMILES string of the molecule is Cc1ccc(S(=O)(=O)N/N=C(\c2ccccc2)c2ccc3c(cnn3-c3ccc(F)cc3)c2)cc1. The number of aryl methyl sites for hydroxylation is 1. The first-order chi connectivity index (χ1) is 16.9. The summed E-state index contributed by atoms with van der Waals surface area (Å²) in [4.78, 5) is 2.51. The summed E-state index contributed by atoms with van der Waals surface area (Å²) < 4.78 is 40.8. The van der Waals surface area contributed by atoms with Crippen LogP contribution in [0.25, 0.3) is 16.6 Å². The van der Waals surface area contributed by atoms with Crippen LogP contribution in [0.5, 0.6) is 0 Å². The van der Waals surface area contributed by atoms with Crippen molar-refractivity contribution in [3.63, 3.8) is 0 Å². The molecule has 35 heavy (non-hydrogen) atoms. The van der Waals surface area contributed by atoms with Gasteiger partial charge in [-0.2, -0.15) is 23.4 Å². The van der Waals surface area contributed by atoms with Gasteiger partial charge in [-0.05, 0) is 55.5 Å². The van der Waals surface area contributed by atoms with E-state index >= 15 is 0 Å². The highest BCUT2D eigenvalue weighted by Crippen LogP contribution is 2.22. The molecule has 0 fully saturated rings. The molecule has 0 aliphatic carbocycles. The van der Waals surface area contributed by atoms with E-state index < -0.39 is 10.0 Å². The molecule has 8 heteroatoms. The van der Waals surface area contributed by atoms with Crippen molar-refractivity contribution in [1.29, 1.82) is 0 Å². The number of hydrogen-bond acceptors (Lipinski definition) is 4. The van der Waals surface area contributed by atoms with Crippen LogP contribution < -0.4 is 4.83 Å². The number of halogens is 1. The second kappa shape index (κ2) is 9.15. The van der Waals surface area contributed by atoms with Crippen LogP contribution in [0.2, 0.25) is 0 Å². The van der Waals surface area contributed by atoms with Crippen molar-refractivity contribution in [1.82, 2.24) is 14.6 Å². The van der Waals surface area contributed by atoms with Gasteiger partial charge in [-0.3, -0.25) is 0 Å². The summed E-state index contributed by atoms with van der Waals surface area (Å²) in [5, 5.41) is 9.60. The Kier molecular flexibility index (Phi) is 5.88. The summed E-state index contributed by atoms with van der Waals surface area (Å²) in [5.74, 6) is -0.315. The van der Waals surface area contributed by atoms with Crippen molar-refractivity contribution in [2.24, 2.45) is 5.10 Å². The second-order valence-corrected chi connectivity index (χ2v) is 9.70. The zero-order valence-electron chi connectivity index (χ0n) is 18.8. The van der Waals surface area contributed by atoms with E-state index in [0.717, 1.165) is 27.7 Å². The number of nitrogens with zero attached hydrogens (tertiary/aromatic N) is 3. The number of benzene rings is 4. The molecule has 0 saturated carbocycles. The summed E-state index contributed by atoms with van der Waals surface area (Å²) in [6.45, 7) is 1.89. The number of aromatic nitrogens is 2. The van der Waals surface area contributed by atoms with Crippen LogP contribution >= 0.6 is 0 Å². The van der Waals surface area contributed by atoms with E-state index in [4.69, 9.17) is 0 Å². The maximum atomic E-state index is 13.3. The van der Waals surface area contributed by atoms with Crippen molar-refractivity contribution in [2.75, 3.05) is 0 Å². The smallest absolute Gasteiger partial charge is 0.233 e. The van der Waals surface area contributed by atoms with E-state index in [0.29, 0.717) is 11.3 Å². The Labute approximate surface area is 202 Å². The zero-order chi connectivity index (χ0) is 24.4. The lowest BCUT2D eigenvalue weighted by Gasteiger charge is -2.10. The van der Waals surface area contributed by atoms with E-state index in [1.165, 1.54) is 12.1 Å². The van der Waals surface area contributed by atoms with Gasteiger partial charge in [0.15, 0.2) is 0 Å². The third-order valence-electron chi connectivity index (χ3n) is 5.57. The fraction of sp³-hybridized carbons (Fsp3) is 0.0370. The van der Waals surface area contributed by atoms with Crippen LogP contribution in [0.1, 0.15) is 16.7 Å². The molecule has 0 saturated heterocycles. The summed E-state index contributed by atoms with van der Waals surface area (Å²) in [5.41, 5.74) is 4.47. The first-order valence-electron chi connectivity index (χ1n) is 10.9. The minimum absolute atomic E-state index is 0.135. The fourth-order valence-electron chi connectivity index (χ4n) is 3.74. The van der Waals surface area contributed by atoms with Gasteiger partial charge in [0.1, 0.15) is 5.82 Å². The Balaban J connectivity index is 1.55. The van der Waals surface area contributed by atoms with E-state index in [1.54, 1.807) is 47.3 Å². The number of sulfonamides is 1. The van der Waals surface area contributed by atoms with Crippen molar-refractivity contribution in [2.45, 2.75) is 11.8 Å². The average molecular weight is 485 g/mol. The van der Waals surface area contributed by atoms with Crippen LogP contribution in [-0.2, 0) is 10.0 Å². The lowest BCUT2D eigenvalue weighted by Crippen LogP contribution is -2.21. The van der Waals surface area contributed by atoms with Crippen molar-refractivity contribution >= 4 is 26.6 Å². The number of nitrogens with one attached hydrogen (secondary N) is 1. The molecular weight excluding hydrogens is 463 g/mol. The van der Waals surface area contributed by atoms with E-state index in [2.05, 4.69) is 15.0 Å². The van der Waals surface area contributed by atoms with E-state index in [-0.39, 0.29) is 10.7 Å². The molecule has 0 aliphatic heterocycles. The lowest BCUT2D eigenvalue weighted by atomic mass is 10.0. The molecule has 0 aliphatic rings. The summed E-state index contributed by atoms with van der Waals surface area (Å²) >= 11 is 0. The maximum Gasteiger partial charge on any atom is 0.276 e. The standard InChI is InChI=1S/C27H21FN4O2S/c1-19-7-14-25(15-8-19)35(33,34)31-30-27(20-5-3-2-4-6-20)21-9-16-26-22(17-21)18-29-32(26)24-12-10-23(28)11-13-24/h2-18,31H,1H3/b30-27+. The molecule has 1 aromatic heterocycles. The highest BCUT2D eigenvalue weighted by Gasteiger charge is 2.16. The normalized spacial score (nSPS) is 12.1. The first kappa shape index (κ1) is 22.5. The predicted molar refractivity (Wildman–Crippen MR) is 135 cm³/mol. The van der Waals surface area contributed by atoms with E-state index in [9.17, 15) is 12.8 Å². The number of rotatable bonds is 6. The van der Waals surface area contributed by atoms with Gasteiger partial charge in [0.25, 0.3) is 10.0 Å². The van der Waals surface area contributed by atoms with Crippen LogP contribution in [0, 0.1) is 12.7 Å². The van der Waals surface area contributed by atoms with Crippen molar-refractivity contribution in [3.8, 4) is 5.69 Å². The Morgan fingerprint density at radius 3 is 2.31 bits per heavy atom. The fourth-order valence-corrected chi connectivity index (χ4v) is 4.55. The van der Waals surface area contributed by atoms with Crippen LogP contribution in [-0.4, -0.2) is 23.9 Å². The van der Waals surface area contributed by atoms with Gasteiger partial charge in [-0.15, -0.1) is 0 Å². The van der Waals surface area contributed by atoms with Crippen LogP contribution in [0.15, 0.2) is 113 Å². The first-order valence-corrected chi connectivity index (χ1v) is 12.3. The Hall–Kier alpha value is -4.30. The Morgan fingerprint density at radius 1 is 0.886 bits per heavy atom. The Bertz CT molecular complexity index is 1630.